The zero-order chi connectivity index (χ0) is 21.8. The zero-order valence-corrected chi connectivity index (χ0v) is 17.7. The molecule has 158 valence electrons. The number of carbonyl (C=O) groups excluding carboxylic acids is 3. The molecular formula is C22H24N2O5S. The van der Waals surface area contributed by atoms with Gasteiger partial charge in [-0.15, -0.1) is 0 Å². The number of thiocarbonyl (C=S) groups is 1. The van der Waals surface area contributed by atoms with E-state index in [2.05, 4.69) is 0 Å². The Labute approximate surface area is 180 Å². The van der Waals surface area contributed by atoms with Crippen molar-refractivity contribution in [3.63, 3.8) is 0 Å². The van der Waals surface area contributed by atoms with E-state index in [9.17, 15) is 14.4 Å². The van der Waals surface area contributed by atoms with Gasteiger partial charge in [0.1, 0.15) is 5.75 Å². The molecule has 1 heterocycles. The van der Waals surface area contributed by atoms with Gasteiger partial charge in [-0.2, -0.15) is 0 Å². The standard InChI is InChI=1S/C22H24N2O5S/c1-13(2)29-20(26)12-28-16-6-3-14(4-7-16)19(25)11-24-9-15-5-8-17(22(23)30)21(27)18(15)10-24/h3-9,13,17-18H,10-12H2,1-2H3,(H2,23,30). The van der Waals surface area contributed by atoms with Crippen molar-refractivity contribution >= 4 is 34.7 Å². The lowest BCUT2D eigenvalue weighted by molar-refractivity contribution is -0.149. The van der Waals surface area contributed by atoms with Gasteiger partial charge in [-0.05, 0) is 43.7 Å². The SMILES string of the molecule is CC(C)OC(=O)COc1ccc(C(=O)CN2C=C3C=CC(C(N)=S)C(=O)C3C2)cc1. The number of rotatable bonds is 8. The zero-order valence-electron chi connectivity index (χ0n) is 16.9. The maximum atomic E-state index is 12.6. The van der Waals surface area contributed by atoms with Gasteiger partial charge in [0.15, 0.2) is 18.2 Å². The van der Waals surface area contributed by atoms with Gasteiger partial charge in [-0.25, -0.2) is 4.79 Å². The van der Waals surface area contributed by atoms with Crippen LogP contribution in [0.25, 0.3) is 0 Å². The van der Waals surface area contributed by atoms with Gasteiger partial charge in [-0.1, -0.05) is 24.4 Å². The second-order valence-electron chi connectivity index (χ2n) is 7.53. The molecule has 0 spiro atoms. The Bertz CT molecular complexity index is 920. The molecule has 2 aliphatic rings. The summed E-state index contributed by atoms with van der Waals surface area (Å²) in [5.41, 5.74) is 7.03. The van der Waals surface area contributed by atoms with Crippen LogP contribution in [0, 0.1) is 11.8 Å². The number of ketones is 2. The quantitative estimate of drug-likeness (QED) is 0.382. The van der Waals surface area contributed by atoms with Gasteiger partial charge in [0.2, 0.25) is 0 Å². The lowest BCUT2D eigenvalue weighted by Crippen LogP contribution is -2.37. The summed E-state index contributed by atoms with van der Waals surface area (Å²) in [6, 6.07) is 6.57. The molecule has 0 aromatic heterocycles. The van der Waals surface area contributed by atoms with Crippen molar-refractivity contribution in [2.75, 3.05) is 19.7 Å². The summed E-state index contributed by atoms with van der Waals surface area (Å²) >= 11 is 4.96. The lowest BCUT2D eigenvalue weighted by atomic mass is 9.83. The van der Waals surface area contributed by atoms with E-state index in [-0.39, 0.29) is 41.7 Å². The topological polar surface area (TPSA) is 98.9 Å². The van der Waals surface area contributed by atoms with Gasteiger partial charge in [0.25, 0.3) is 0 Å². The van der Waals surface area contributed by atoms with Crippen molar-refractivity contribution in [3.05, 3.63) is 53.8 Å². The van der Waals surface area contributed by atoms with E-state index < -0.39 is 11.9 Å². The molecule has 0 bridgehead atoms. The summed E-state index contributed by atoms with van der Waals surface area (Å²) in [6.07, 6.45) is 5.21. The summed E-state index contributed by atoms with van der Waals surface area (Å²) in [7, 11) is 0. The highest BCUT2D eigenvalue weighted by Crippen LogP contribution is 2.31. The molecule has 0 saturated heterocycles. The predicted molar refractivity (Wildman–Crippen MR) is 115 cm³/mol. The highest BCUT2D eigenvalue weighted by Gasteiger charge is 2.37. The number of esters is 1. The number of nitrogens with two attached hydrogens (primary N) is 1. The molecule has 2 unspecified atom stereocenters. The summed E-state index contributed by atoms with van der Waals surface area (Å²) in [4.78, 5) is 38.7. The van der Waals surface area contributed by atoms with Gasteiger partial charge < -0.3 is 20.1 Å². The Morgan fingerprint density at radius 1 is 1.27 bits per heavy atom. The predicted octanol–water partition coefficient (Wildman–Crippen LogP) is 2.06. The highest BCUT2D eigenvalue weighted by atomic mass is 32.1. The second kappa shape index (κ2) is 9.21. The minimum atomic E-state index is -0.539. The number of fused-ring (bicyclic) bond motifs is 1. The van der Waals surface area contributed by atoms with E-state index in [0.29, 0.717) is 17.9 Å². The van der Waals surface area contributed by atoms with E-state index >= 15 is 0 Å². The highest BCUT2D eigenvalue weighted by molar-refractivity contribution is 7.80. The second-order valence-corrected chi connectivity index (χ2v) is 8.00. The summed E-state index contributed by atoms with van der Waals surface area (Å²) < 4.78 is 10.4. The number of hydrogen-bond acceptors (Lipinski definition) is 7. The van der Waals surface area contributed by atoms with E-state index in [0.717, 1.165) is 5.57 Å². The average molecular weight is 429 g/mol. The summed E-state index contributed by atoms with van der Waals surface area (Å²) in [5.74, 6) is -0.933. The Morgan fingerprint density at radius 3 is 2.60 bits per heavy atom. The normalized spacial score (nSPS) is 20.0. The molecule has 3 rings (SSSR count). The van der Waals surface area contributed by atoms with Crippen molar-refractivity contribution in [1.82, 2.24) is 4.90 Å². The molecule has 0 amide bonds. The van der Waals surface area contributed by atoms with Crippen LogP contribution < -0.4 is 10.5 Å². The summed E-state index contributed by atoms with van der Waals surface area (Å²) in [5, 5.41) is 0. The van der Waals surface area contributed by atoms with Crippen LogP contribution in [0.15, 0.2) is 48.2 Å². The van der Waals surface area contributed by atoms with E-state index in [1.165, 1.54) is 0 Å². The Morgan fingerprint density at radius 2 is 1.97 bits per heavy atom. The molecule has 1 aliphatic heterocycles. The van der Waals surface area contributed by atoms with Crippen LogP contribution in [-0.4, -0.2) is 53.2 Å². The van der Waals surface area contributed by atoms with Gasteiger partial charge in [0, 0.05) is 18.3 Å². The molecule has 8 heteroatoms. The van der Waals surface area contributed by atoms with E-state index in [1.807, 2.05) is 17.2 Å². The third kappa shape index (κ3) is 5.13. The molecule has 1 aromatic carbocycles. The Balaban J connectivity index is 1.54. The molecule has 2 N–H and O–H groups in total. The third-order valence-electron chi connectivity index (χ3n) is 4.84. The maximum absolute atomic E-state index is 12.6. The molecule has 7 nitrogen and oxygen atoms in total. The first-order valence-corrected chi connectivity index (χ1v) is 10.1. The first-order chi connectivity index (χ1) is 14.2. The number of ether oxygens (including phenoxy) is 2. The molecule has 0 fully saturated rings. The van der Waals surface area contributed by atoms with Crippen LogP contribution >= 0.6 is 12.2 Å². The lowest BCUT2D eigenvalue weighted by Gasteiger charge is -2.22. The van der Waals surface area contributed by atoms with E-state index in [4.69, 9.17) is 27.4 Å². The van der Waals surface area contributed by atoms with Crippen LogP contribution in [0.4, 0.5) is 0 Å². The Hall–Kier alpha value is -3.00. The van der Waals surface area contributed by atoms with Crippen LogP contribution in [0.1, 0.15) is 24.2 Å². The van der Waals surface area contributed by atoms with Crippen LogP contribution in [0.5, 0.6) is 5.75 Å². The number of Topliss-reactive ketones (excluding diaryl/α,β-unsaturated/α-hetero) is 2. The number of benzene rings is 1. The summed E-state index contributed by atoms with van der Waals surface area (Å²) in [6.45, 7) is 3.92. The Kier molecular flexibility index (Phi) is 6.66. The first-order valence-electron chi connectivity index (χ1n) is 9.67. The van der Waals surface area contributed by atoms with Crippen LogP contribution in [-0.2, 0) is 14.3 Å². The fourth-order valence-corrected chi connectivity index (χ4v) is 3.62. The number of hydrogen-bond donors (Lipinski definition) is 1. The average Bonchev–Trinajstić information content (AvgIpc) is 3.09. The maximum Gasteiger partial charge on any atom is 0.344 e. The molecular weight excluding hydrogens is 404 g/mol. The van der Waals surface area contributed by atoms with Gasteiger partial charge in [-0.3, -0.25) is 9.59 Å². The first kappa shape index (κ1) is 21.7. The molecule has 0 saturated carbocycles. The van der Waals surface area contributed by atoms with Crippen molar-refractivity contribution < 1.29 is 23.9 Å². The van der Waals surface area contributed by atoms with Gasteiger partial charge in [0.05, 0.1) is 29.5 Å². The van der Waals surface area contributed by atoms with Gasteiger partial charge >= 0.3 is 5.97 Å². The number of carbonyl (C=O) groups is 3. The number of allylic oxidation sites excluding steroid dienone is 1. The van der Waals surface area contributed by atoms with Crippen molar-refractivity contribution in [1.29, 1.82) is 0 Å². The number of nitrogens with zero attached hydrogens (tertiary/aromatic N) is 1. The third-order valence-corrected chi connectivity index (χ3v) is 5.09. The minimum absolute atomic E-state index is 0.0244. The molecule has 0 radical (unpaired) electrons. The fourth-order valence-electron chi connectivity index (χ4n) is 3.42. The molecule has 1 aliphatic carbocycles. The largest absolute Gasteiger partial charge is 0.482 e. The van der Waals surface area contributed by atoms with Crippen molar-refractivity contribution in [2.24, 2.45) is 17.6 Å². The van der Waals surface area contributed by atoms with Crippen molar-refractivity contribution in [3.8, 4) is 5.75 Å². The van der Waals surface area contributed by atoms with Crippen LogP contribution in [0.3, 0.4) is 0 Å². The molecule has 1 aromatic rings. The van der Waals surface area contributed by atoms with E-state index in [1.54, 1.807) is 44.2 Å². The van der Waals surface area contributed by atoms with Crippen LogP contribution in [0.2, 0.25) is 0 Å². The fraction of sp³-hybridized carbons (Fsp3) is 0.364. The molecule has 30 heavy (non-hydrogen) atoms. The monoisotopic (exact) mass is 428 g/mol. The minimum Gasteiger partial charge on any atom is -0.482 e. The molecule has 2 atom stereocenters. The van der Waals surface area contributed by atoms with Crippen molar-refractivity contribution in [2.45, 2.75) is 20.0 Å². The smallest absolute Gasteiger partial charge is 0.344 e.